The summed E-state index contributed by atoms with van der Waals surface area (Å²) in [5, 5.41) is 2.85. The number of nitrogens with zero attached hydrogens (tertiary/aromatic N) is 4. The number of amides is 1. The third-order valence-corrected chi connectivity index (χ3v) is 6.57. The van der Waals surface area contributed by atoms with Gasteiger partial charge in [-0.1, -0.05) is 6.07 Å². The van der Waals surface area contributed by atoms with E-state index < -0.39 is 10.0 Å². The second kappa shape index (κ2) is 7.38. The summed E-state index contributed by atoms with van der Waals surface area (Å²) in [5.41, 5.74) is 0.461. The predicted octanol–water partition coefficient (Wildman–Crippen LogP) is 1.90. The van der Waals surface area contributed by atoms with Crippen molar-refractivity contribution in [1.82, 2.24) is 14.5 Å². The van der Waals surface area contributed by atoms with Crippen LogP contribution in [0.1, 0.15) is 25.1 Å². The molecule has 1 unspecified atom stereocenters. The van der Waals surface area contributed by atoms with E-state index in [0.29, 0.717) is 24.5 Å². The van der Waals surface area contributed by atoms with Crippen molar-refractivity contribution in [1.29, 1.82) is 0 Å². The molecule has 0 saturated carbocycles. The molecule has 0 radical (unpaired) electrons. The number of nitrogens with one attached hydrogen (secondary N) is 1. The van der Waals surface area contributed by atoms with E-state index in [1.807, 2.05) is 22.7 Å². The fourth-order valence-electron chi connectivity index (χ4n) is 3.66. The Morgan fingerprint density at radius 1 is 1.32 bits per heavy atom. The molecule has 1 atom stereocenters. The van der Waals surface area contributed by atoms with Crippen LogP contribution in [0.5, 0.6) is 0 Å². The Hall–Kier alpha value is -2.68. The summed E-state index contributed by atoms with van der Waals surface area (Å²) < 4.78 is 31.3. The molecule has 2 aliphatic heterocycles. The zero-order chi connectivity index (χ0) is 19.7. The zero-order valence-electron chi connectivity index (χ0n) is 15.7. The highest BCUT2D eigenvalue weighted by Crippen LogP contribution is 2.23. The normalized spacial score (nSPS) is 21.0. The van der Waals surface area contributed by atoms with Crippen LogP contribution in [-0.2, 0) is 27.8 Å². The first kappa shape index (κ1) is 18.7. The van der Waals surface area contributed by atoms with Crippen LogP contribution in [0.4, 0.5) is 5.69 Å². The largest absolute Gasteiger partial charge is 0.362 e. The van der Waals surface area contributed by atoms with Gasteiger partial charge < -0.3 is 14.8 Å². The van der Waals surface area contributed by atoms with E-state index in [0.717, 1.165) is 31.6 Å². The van der Waals surface area contributed by atoms with Crippen molar-refractivity contribution in [2.45, 2.75) is 37.1 Å². The second-order valence-corrected chi connectivity index (χ2v) is 8.86. The fourth-order valence-corrected chi connectivity index (χ4v) is 4.80. The first-order valence-electron chi connectivity index (χ1n) is 9.38. The van der Waals surface area contributed by atoms with Gasteiger partial charge in [-0.25, -0.2) is 4.98 Å². The van der Waals surface area contributed by atoms with Crippen LogP contribution in [-0.4, -0.2) is 48.2 Å². The molecule has 4 rings (SSSR count). The Morgan fingerprint density at radius 3 is 2.96 bits per heavy atom. The van der Waals surface area contributed by atoms with Crippen LogP contribution in [0.15, 0.2) is 46.0 Å². The lowest BCUT2D eigenvalue weighted by atomic mass is 9.98. The lowest BCUT2D eigenvalue weighted by molar-refractivity contribution is -0.120. The third-order valence-electron chi connectivity index (χ3n) is 5.27. The number of likely N-dealkylation sites (tertiary alicyclic amines) is 1. The number of carbonyl (C=O) groups is 1. The third kappa shape index (κ3) is 3.80. The number of anilines is 1. The molecule has 1 amide bonds. The number of sulfonamides is 1. The summed E-state index contributed by atoms with van der Waals surface area (Å²) in [5.74, 6) is 1.28. The molecular weight excluding hydrogens is 378 g/mol. The Morgan fingerprint density at radius 2 is 2.18 bits per heavy atom. The SMILES string of the molecule is CN1CCC/C1=N\S(=O)(=O)c1cccc(NC(=O)C2CCc3nccn3C2)c1. The van der Waals surface area contributed by atoms with E-state index in [1.54, 1.807) is 18.3 Å². The summed E-state index contributed by atoms with van der Waals surface area (Å²) >= 11 is 0. The molecule has 3 heterocycles. The summed E-state index contributed by atoms with van der Waals surface area (Å²) in [7, 11) is -1.97. The summed E-state index contributed by atoms with van der Waals surface area (Å²) in [6, 6.07) is 6.28. The van der Waals surface area contributed by atoms with Gasteiger partial charge >= 0.3 is 0 Å². The summed E-state index contributed by atoms with van der Waals surface area (Å²) in [4.78, 5) is 18.9. The molecule has 148 valence electrons. The van der Waals surface area contributed by atoms with Crippen molar-refractivity contribution in [3.63, 3.8) is 0 Å². The first-order chi connectivity index (χ1) is 13.4. The number of benzene rings is 1. The topological polar surface area (TPSA) is 96.7 Å². The Balaban J connectivity index is 1.49. The Labute approximate surface area is 164 Å². The van der Waals surface area contributed by atoms with E-state index in [9.17, 15) is 13.2 Å². The number of imidazole rings is 1. The van der Waals surface area contributed by atoms with Gasteiger partial charge in [-0.15, -0.1) is 4.40 Å². The minimum atomic E-state index is -3.81. The molecule has 0 bridgehead atoms. The van der Waals surface area contributed by atoms with Crippen molar-refractivity contribution in [3.05, 3.63) is 42.5 Å². The number of fused-ring (bicyclic) bond motifs is 1. The monoisotopic (exact) mass is 401 g/mol. The van der Waals surface area contributed by atoms with Crippen molar-refractivity contribution in [2.24, 2.45) is 10.3 Å². The van der Waals surface area contributed by atoms with Crippen LogP contribution >= 0.6 is 0 Å². The van der Waals surface area contributed by atoms with Crippen LogP contribution in [0, 0.1) is 5.92 Å². The number of aryl methyl sites for hydroxylation is 1. The highest BCUT2D eigenvalue weighted by atomic mass is 32.2. The molecule has 1 N–H and O–H groups in total. The molecule has 0 spiro atoms. The number of hydrogen-bond donors (Lipinski definition) is 1. The average Bonchev–Trinajstić information content (AvgIpc) is 3.30. The first-order valence-corrected chi connectivity index (χ1v) is 10.8. The van der Waals surface area contributed by atoms with Crippen LogP contribution in [0.2, 0.25) is 0 Å². The molecule has 8 nitrogen and oxygen atoms in total. The number of rotatable bonds is 4. The Bertz CT molecular complexity index is 1030. The standard InChI is InChI=1S/C19H23N5O3S/c1-23-10-3-6-18(23)22-28(26,27)16-5-2-4-15(12-16)21-19(25)14-7-8-17-20-9-11-24(17)13-14/h2,4-5,9,11-12,14H,3,6-8,10,13H2,1H3,(H,21,25)/b22-18+. The molecule has 1 aromatic heterocycles. The van der Waals surface area contributed by atoms with Gasteiger partial charge in [-0.3, -0.25) is 4.79 Å². The van der Waals surface area contributed by atoms with Crippen molar-refractivity contribution in [2.75, 3.05) is 18.9 Å². The minimum absolute atomic E-state index is 0.0821. The van der Waals surface area contributed by atoms with E-state index in [1.165, 1.54) is 12.1 Å². The molecule has 1 aromatic carbocycles. The van der Waals surface area contributed by atoms with E-state index in [-0.39, 0.29) is 16.7 Å². The minimum Gasteiger partial charge on any atom is -0.362 e. The van der Waals surface area contributed by atoms with E-state index >= 15 is 0 Å². The maximum Gasteiger partial charge on any atom is 0.284 e. The Kier molecular flexibility index (Phi) is 4.92. The molecule has 0 aliphatic carbocycles. The fraction of sp³-hybridized carbons (Fsp3) is 0.421. The van der Waals surface area contributed by atoms with Gasteiger partial charge in [0, 0.05) is 51.1 Å². The zero-order valence-corrected chi connectivity index (χ0v) is 16.5. The lowest BCUT2D eigenvalue weighted by Gasteiger charge is -2.23. The van der Waals surface area contributed by atoms with Crippen molar-refractivity contribution in [3.8, 4) is 0 Å². The average molecular weight is 401 g/mol. The summed E-state index contributed by atoms with van der Waals surface area (Å²) in [6.45, 7) is 1.39. The molecule has 1 fully saturated rings. The van der Waals surface area contributed by atoms with Crippen LogP contribution in [0.25, 0.3) is 0 Å². The number of carbonyl (C=O) groups excluding carboxylic acids is 1. The lowest BCUT2D eigenvalue weighted by Crippen LogP contribution is -2.31. The van der Waals surface area contributed by atoms with Gasteiger partial charge in [0.25, 0.3) is 10.0 Å². The van der Waals surface area contributed by atoms with Gasteiger partial charge in [0.05, 0.1) is 10.8 Å². The molecule has 28 heavy (non-hydrogen) atoms. The van der Waals surface area contributed by atoms with Gasteiger partial charge in [0.2, 0.25) is 5.91 Å². The van der Waals surface area contributed by atoms with Gasteiger partial charge in [-0.2, -0.15) is 8.42 Å². The van der Waals surface area contributed by atoms with E-state index in [2.05, 4.69) is 14.7 Å². The maximum absolute atomic E-state index is 12.7. The van der Waals surface area contributed by atoms with Crippen molar-refractivity contribution >= 4 is 27.5 Å². The number of hydrogen-bond acceptors (Lipinski definition) is 4. The molecule has 2 aliphatic rings. The second-order valence-electron chi connectivity index (χ2n) is 7.26. The maximum atomic E-state index is 12.7. The van der Waals surface area contributed by atoms with Gasteiger partial charge in [0.1, 0.15) is 11.7 Å². The molecule has 9 heteroatoms. The summed E-state index contributed by atoms with van der Waals surface area (Å²) in [6.07, 6.45) is 6.66. The number of aromatic nitrogens is 2. The highest BCUT2D eigenvalue weighted by Gasteiger charge is 2.25. The highest BCUT2D eigenvalue weighted by molar-refractivity contribution is 7.90. The quantitative estimate of drug-likeness (QED) is 0.844. The molecular formula is C19H23N5O3S. The van der Waals surface area contributed by atoms with Gasteiger partial charge in [-0.05, 0) is 31.0 Å². The predicted molar refractivity (Wildman–Crippen MR) is 106 cm³/mol. The molecule has 1 saturated heterocycles. The van der Waals surface area contributed by atoms with Crippen LogP contribution < -0.4 is 5.32 Å². The van der Waals surface area contributed by atoms with Crippen molar-refractivity contribution < 1.29 is 13.2 Å². The number of amidine groups is 1. The van der Waals surface area contributed by atoms with Gasteiger partial charge in [0.15, 0.2) is 0 Å². The van der Waals surface area contributed by atoms with Crippen LogP contribution in [0.3, 0.4) is 0 Å². The molecule has 2 aromatic rings. The smallest absolute Gasteiger partial charge is 0.284 e. The van der Waals surface area contributed by atoms with E-state index in [4.69, 9.17) is 0 Å².